The summed E-state index contributed by atoms with van der Waals surface area (Å²) < 4.78 is 25.4. The molecule has 0 aliphatic rings. The molecule has 0 spiro atoms. The zero-order valence-corrected chi connectivity index (χ0v) is 11.0. The Morgan fingerprint density at radius 3 is 2.60 bits per heavy atom. The Morgan fingerprint density at radius 1 is 1.40 bits per heavy atom. The number of hydrogen-bond acceptors (Lipinski definition) is 4. The molecule has 15 heavy (non-hydrogen) atoms. The summed E-state index contributed by atoms with van der Waals surface area (Å²) in [6.45, 7) is 2.58. The second-order valence-electron chi connectivity index (χ2n) is 3.66. The molecular weight excluding hydrogens is 234 g/mol. The summed E-state index contributed by atoms with van der Waals surface area (Å²) in [7, 11) is -3.14. The van der Waals surface area contributed by atoms with E-state index >= 15 is 0 Å². The molecule has 0 aliphatic carbocycles. The largest absolute Gasteiger partial charge is 0.396 e. The van der Waals surface area contributed by atoms with E-state index in [1.807, 2.05) is 13.2 Å². The molecule has 0 rings (SSSR count). The highest BCUT2D eigenvalue weighted by atomic mass is 32.2. The van der Waals surface area contributed by atoms with Crippen LogP contribution in [0.2, 0.25) is 0 Å². The van der Waals surface area contributed by atoms with Crippen molar-refractivity contribution in [3.63, 3.8) is 0 Å². The standard InChI is InChI=1S/C9H21NO3S2/c1-9(8-14-2)7-10-15(12,13)6-4-3-5-11/h9-11H,3-8H2,1-2H3. The molecule has 0 aromatic heterocycles. The summed E-state index contributed by atoms with van der Waals surface area (Å²) in [6.07, 6.45) is 3.07. The maximum absolute atomic E-state index is 11.4. The summed E-state index contributed by atoms with van der Waals surface area (Å²) in [5, 5.41) is 8.53. The van der Waals surface area contributed by atoms with Gasteiger partial charge in [-0.3, -0.25) is 0 Å². The molecule has 0 aromatic rings. The Labute approximate surface area is 96.9 Å². The van der Waals surface area contributed by atoms with Crippen LogP contribution in [0.5, 0.6) is 0 Å². The molecule has 1 unspecified atom stereocenters. The van der Waals surface area contributed by atoms with Gasteiger partial charge in [-0.2, -0.15) is 11.8 Å². The van der Waals surface area contributed by atoms with E-state index in [0.29, 0.717) is 25.3 Å². The molecule has 6 heteroatoms. The lowest BCUT2D eigenvalue weighted by molar-refractivity contribution is 0.287. The molecular formula is C9H21NO3S2. The molecule has 0 aliphatic heterocycles. The van der Waals surface area contributed by atoms with Crippen molar-refractivity contribution in [2.75, 3.05) is 30.9 Å². The zero-order chi connectivity index (χ0) is 11.7. The van der Waals surface area contributed by atoms with Crippen molar-refractivity contribution >= 4 is 21.8 Å². The lowest BCUT2D eigenvalue weighted by Gasteiger charge is -2.11. The molecule has 0 heterocycles. The molecule has 0 saturated carbocycles. The highest BCUT2D eigenvalue weighted by molar-refractivity contribution is 7.98. The topological polar surface area (TPSA) is 66.4 Å². The molecule has 0 saturated heterocycles. The first-order valence-electron chi connectivity index (χ1n) is 5.09. The maximum atomic E-state index is 11.4. The highest BCUT2D eigenvalue weighted by Gasteiger charge is 2.11. The average Bonchev–Trinajstić information content (AvgIpc) is 2.16. The van der Waals surface area contributed by atoms with Crippen LogP contribution in [-0.4, -0.2) is 44.4 Å². The Morgan fingerprint density at radius 2 is 2.07 bits per heavy atom. The SMILES string of the molecule is CSCC(C)CNS(=O)(=O)CCCCO. The van der Waals surface area contributed by atoms with Crippen molar-refractivity contribution in [2.24, 2.45) is 5.92 Å². The van der Waals surface area contributed by atoms with Gasteiger partial charge in [0.1, 0.15) is 0 Å². The lowest BCUT2D eigenvalue weighted by atomic mass is 10.2. The van der Waals surface area contributed by atoms with Gasteiger partial charge in [-0.15, -0.1) is 0 Å². The van der Waals surface area contributed by atoms with Crippen molar-refractivity contribution in [1.82, 2.24) is 4.72 Å². The number of sulfonamides is 1. The van der Waals surface area contributed by atoms with E-state index in [-0.39, 0.29) is 12.4 Å². The maximum Gasteiger partial charge on any atom is 0.211 e. The van der Waals surface area contributed by atoms with Crippen LogP contribution >= 0.6 is 11.8 Å². The molecule has 0 bridgehead atoms. The van der Waals surface area contributed by atoms with Gasteiger partial charge >= 0.3 is 0 Å². The smallest absolute Gasteiger partial charge is 0.211 e. The zero-order valence-electron chi connectivity index (χ0n) is 9.40. The fourth-order valence-corrected chi connectivity index (χ4v) is 3.04. The third-order valence-electron chi connectivity index (χ3n) is 1.92. The van der Waals surface area contributed by atoms with E-state index in [0.717, 1.165) is 5.75 Å². The number of unbranched alkanes of at least 4 members (excludes halogenated alkanes) is 1. The van der Waals surface area contributed by atoms with Gasteiger partial charge in [-0.25, -0.2) is 13.1 Å². The minimum absolute atomic E-state index is 0.0540. The Balaban J connectivity index is 3.73. The fraction of sp³-hybridized carbons (Fsp3) is 1.00. The van der Waals surface area contributed by atoms with Crippen LogP contribution in [0.3, 0.4) is 0 Å². The van der Waals surface area contributed by atoms with Gasteiger partial charge in [0.05, 0.1) is 5.75 Å². The van der Waals surface area contributed by atoms with Crippen LogP contribution in [0.15, 0.2) is 0 Å². The van der Waals surface area contributed by atoms with Crippen LogP contribution < -0.4 is 4.72 Å². The molecule has 0 fully saturated rings. The summed E-state index contributed by atoms with van der Waals surface area (Å²) in [5.74, 6) is 1.42. The van der Waals surface area contributed by atoms with E-state index in [4.69, 9.17) is 5.11 Å². The number of nitrogens with one attached hydrogen (secondary N) is 1. The van der Waals surface area contributed by atoms with E-state index in [9.17, 15) is 8.42 Å². The molecule has 0 radical (unpaired) electrons. The minimum atomic E-state index is -3.14. The normalized spacial score (nSPS) is 14.1. The first-order chi connectivity index (χ1) is 7.02. The molecule has 0 amide bonds. The number of thioether (sulfide) groups is 1. The van der Waals surface area contributed by atoms with E-state index < -0.39 is 10.0 Å². The van der Waals surface area contributed by atoms with Gasteiger partial charge in [0, 0.05) is 13.2 Å². The third-order valence-corrected chi connectivity index (χ3v) is 4.26. The fourth-order valence-electron chi connectivity index (χ4n) is 1.09. The van der Waals surface area contributed by atoms with Crippen molar-refractivity contribution in [3.8, 4) is 0 Å². The van der Waals surface area contributed by atoms with E-state index in [1.54, 1.807) is 11.8 Å². The van der Waals surface area contributed by atoms with Gasteiger partial charge in [0.25, 0.3) is 0 Å². The van der Waals surface area contributed by atoms with Gasteiger partial charge in [0.2, 0.25) is 10.0 Å². The Kier molecular flexibility index (Phi) is 8.50. The molecule has 92 valence electrons. The summed E-state index contributed by atoms with van der Waals surface area (Å²) in [5.41, 5.74) is 0. The number of hydrogen-bond donors (Lipinski definition) is 2. The van der Waals surface area contributed by atoms with Gasteiger partial charge in [-0.1, -0.05) is 6.92 Å². The van der Waals surface area contributed by atoms with Crippen molar-refractivity contribution < 1.29 is 13.5 Å². The number of rotatable bonds is 9. The number of aliphatic hydroxyl groups is 1. The Bertz CT molecular complexity index is 242. The van der Waals surface area contributed by atoms with Crippen molar-refractivity contribution in [3.05, 3.63) is 0 Å². The predicted molar refractivity (Wildman–Crippen MR) is 65.7 cm³/mol. The molecule has 4 nitrogen and oxygen atoms in total. The monoisotopic (exact) mass is 255 g/mol. The summed E-state index contributed by atoms with van der Waals surface area (Å²) >= 11 is 1.71. The summed E-state index contributed by atoms with van der Waals surface area (Å²) in [6, 6.07) is 0. The van der Waals surface area contributed by atoms with Crippen LogP contribution in [0.25, 0.3) is 0 Å². The average molecular weight is 255 g/mol. The van der Waals surface area contributed by atoms with Crippen molar-refractivity contribution in [1.29, 1.82) is 0 Å². The molecule has 1 atom stereocenters. The predicted octanol–water partition coefficient (Wildman–Crippen LogP) is 0.677. The lowest BCUT2D eigenvalue weighted by Crippen LogP contribution is -2.31. The quantitative estimate of drug-likeness (QED) is 0.595. The molecule has 2 N–H and O–H groups in total. The van der Waals surface area contributed by atoms with Crippen LogP contribution in [0.4, 0.5) is 0 Å². The second kappa shape index (κ2) is 8.38. The third kappa shape index (κ3) is 9.17. The van der Waals surface area contributed by atoms with Crippen LogP contribution in [0, 0.1) is 5.92 Å². The van der Waals surface area contributed by atoms with E-state index in [1.165, 1.54) is 0 Å². The van der Waals surface area contributed by atoms with Crippen LogP contribution in [0.1, 0.15) is 19.8 Å². The van der Waals surface area contributed by atoms with Gasteiger partial charge in [0.15, 0.2) is 0 Å². The highest BCUT2D eigenvalue weighted by Crippen LogP contribution is 2.03. The van der Waals surface area contributed by atoms with Gasteiger partial charge < -0.3 is 5.11 Å². The van der Waals surface area contributed by atoms with Gasteiger partial charge in [-0.05, 0) is 30.8 Å². The first-order valence-corrected chi connectivity index (χ1v) is 8.13. The second-order valence-corrected chi connectivity index (χ2v) is 6.50. The van der Waals surface area contributed by atoms with Crippen molar-refractivity contribution in [2.45, 2.75) is 19.8 Å². The Hall–Kier alpha value is 0.220. The molecule has 0 aromatic carbocycles. The number of aliphatic hydroxyl groups excluding tert-OH is 1. The minimum Gasteiger partial charge on any atom is -0.396 e. The van der Waals surface area contributed by atoms with Crippen LogP contribution in [-0.2, 0) is 10.0 Å². The summed E-state index contributed by atoms with van der Waals surface area (Å²) in [4.78, 5) is 0. The van der Waals surface area contributed by atoms with E-state index in [2.05, 4.69) is 4.72 Å². The first kappa shape index (κ1) is 15.2.